The van der Waals surface area contributed by atoms with Crippen molar-refractivity contribution in [1.29, 1.82) is 0 Å². The molecule has 0 bridgehead atoms. The van der Waals surface area contributed by atoms with E-state index in [1.807, 2.05) is 42.6 Å². The van der Waals surface area contributed by atoms with Crippen LogP contribution in [0.5, 0.6) is 5.75 Å². The van der Waals surface area contributed by atoms with Crippen LogP contribution in [0.25, 0.3) is 10.9 Å². The van der Waals surface area contributed by atoms with Crippen molar-refractivity contribution in [2.24, 2.45) is 5.92 Å². The van der Waals surface area contributed by atoms with E-state index in [1.54, 1.807) is 7.11 Å². The lowest BCUT2D eigenvalue weighted by molar-refractivity contribution is -0.115. The predicted molar refractivity (Wildman–Crippen MR) is 169 cm³/mol. The van der Waals surface area contributed by atoms with Crippen LogP contribution in [0.4, 0.5) is 5.69 Å². The number of aromatic nitrogens is 1. The van der Waals surface area contributed by atoms with Crippen LogP contribution in [0.1, 0.15) is 30.9 Å². The van der Waals surface area contributed by atoms with Crippen LogP contribution >= 0.6 is 0 Å². The van der Waals surface area contributed by atoms with Crippen molar-refractivity contribution in [3.63, 3.8) is 0 Å². The van der Waals surface area contributed by atoms with Crippen molar-refractivity contribution in [3.05, 3.63) is 90.1 Å². The second kappa shape index (κ2) is 12.6. The molecular formula is C34H42N2O4Si. The summed E-state index contributed by atoms with van der Waals surface area (Å²) in [5.74, 6) is 1.23. The molecule has 3 aromatic carbocycles. The Morgan fingerprint density at radius 3 is 2.56 bits per heavy atom. The van der Waals surface area contributed by atoms with Crippen LogP contribution in [0, 0.1) is 5.92 Å². The monoisotopic (exact) mass is 570 g/mol. The molecule has 3 N–H and O–H groups in total. The minimum Gasteiger partial charge on any atom is -0.497 e. The van der Waals surface area contributed by atoms with Gasteiger partial charge in [-0.1, -0.05) is 67.7 Å². The van der Waals surface area contributed by atoms with Crippen LogP contribution < -0.4 is 15.2 Å². The number of carbonyl (C=O) groups is 1. The summed E-state index contributed by atoms with van der Waals surface area (Å²) in [6.45, 7) is 7.31. The Balaban J connectivity index is 1.23. The minimum atomic E-state index is -1.91. The van der Waals surface area contributed by atoms with Crippen LogP contribution in [-0.2, 0) is 22.4 Å². The number of aliphatic hydroxyl groups excluding tert-OH is 1. The molecule has 0 unspecified atom stereocenters. The molecule has 4 aromatic rings. The van der Waals surface area contributed by atoms with E-state index in [9.17, 15) is 9.90 Å². The van der Waals surface area contributed by atoms with Gasteiger partial charge in [0, 0.05) is 29.4 Å². The van der Waals surface area contributed by atoms with E-state index in [-0.39, 0.29) is 24.7 Å². The van der Waals surface area contributed by atoms with Gasteiger partial charge >= 0.3 is 0 Å². The van der Waals surface area contributed by atoms with Crippen LogP contribution in [0.15, 0.2) is 79.0 Å². The number of aryl methyl sites for hydroxylation is 1. The van der Waals surface area contributed by atoms with E-state index in [2.05, 4.69) is 66.7 Å². The third-order valence-corrected chi connectivity index (χ3v) is 13.3. The number of hydrogen-bond donors (Lipinski definition) is 3. The second-order valence-electron chi connectivity index (χ2n) is 11.9. The fraction of sp³-hybridized carbons (Fsp3) is 0.382. The molecule has 0 spiro atoms. The highest BCUT2D eigenvalue weighted by molar-refractivity contribution is 6.91. The van der Waals surface area contributed by atoms with Gasteiger partial charge in [-0.2, -0.15) is 0 Å². The lowest BCUT2D eigenvalue weighted by Crippen LogP contribution is -2.50. The van der Waals surface area contributed by atoms with E-state index in [4.69, 9.17) is 9.47 Å². The lowest BCUT2D eigenvalue weighted by Gasteiger charge is -2.36. The van der Waals surface area contributed by atoms with Crippen molar-refractivity contribution in [2.75, 3.05) is 19.0 Å². The number of amides is 1. The van der Waals surface area contributed by atoms with Gasteiger partial charge in [0.1, 0.15) is 5.75 Å². The zero-order valence-corrected chi connectivity index (χ0v) is 25.5. The molecule has 0 radical (unpaired) electrons. The summed E-state index contributed by atoms with van der Waals surface area (Å²) < 4.78 is 12.0. The molecule has 1 aromatic heterocycles. The van der Waals surface area contributed by atoms with E-state index in [0.29, 0.717) is 24.3 Å². The Bertz CT molecular complexity index is 1470. The predicted octanol–water partition coefficient (Wildman–Crippen LogP) is 6.06. The van der Waals surface area contributed by atoms with E-state index in [0.717, 1.165) is 40.7 Å². The summed E-state index contributed by atoms with van der Waals surface area (Å²) >= 11 is 0. The Morgan fingerprint density at radius 1 is 1.02 bits per heavy atom. The van der Waals surface area contributed by atoms with E-state index >= 15 is 0 Å². The topological polar surface area (TPSA) is 83.6 Å². The Labute approximate surface area is 244 Å². The summed E-state index contributed by atoms with van der Waals surface area (Å²) in [4.78, 5) is 16.1. The average molecular weight is 571 g/mol. The number of carbonyl (C=O) groups excluding carboxylic acids is 1. The lowest BCUT2D eigenvalue weighted by atomic mass is 9.95. The molecule has 216 valence electrons. The first-order valence-corrected chi connectivity index (χ1v) is 17.7. The number of rotatable bonds is 11. The van der Waals surface area contributed by atoms with Crippen molar-refractivity contribution >= 4 is 35.8 Å². The molecule has 4 atom stereocenters. The maximum Gasteiger partial charge on any atom is 0.228 e. The van der Waals surface area contributed by atoms with Gasteiger partial charge in [-0.05, 0) is 72.2 Å². The molecular weight excluding hydrogens is 528 g/mol. The van der Waals surface area contributed by atoms with Gasteiger partial charge in [0.05, 0.1) is 33.8 Å². The summed E-state index contributed by atoms with van der Waals surface area (Å²) in [5, 5.41) is 15.4. The standard InChI is InChI=1S/C34H42N2O4Si/c1-23-31(40-32(18-19-37)34(23)41(3,4)28-15-13-27(39-2)14-16-28)17-12-24-8-7-9-26(20-24)36-33(38)21-25-22-35-30-11-6-5-10-29(25)30/h5-11,13-16,20,22-23,31-32,34-35,37H,12,17-19,21H2,1-4H3,(H,36,38)/t23-,31+,32-,34+/m0/s1. The summed E-state index contributed by atoms with van der Waals surface area (Å²) in [5.41, 5.74) is 4.44. The van der Waals surface area contributed by atoms with Gasteiger partial charge < -0.3 is 24.9 Å². The zero-order valence-electron chi connectivity index (χ0n) is 24.5. The molecule has 5 rings (SSSR count). The highest BCUT2D eigenvalue weighted by atomic mass is 28.3. The first-order chi connectivity index (χ1) is 19.8. The van der Waals surface area contributed by atoms with Crippen LogP contribution in [0.3, 0.4) is 0 Å². The molecule has 1 fully saturated rings. The number of methoxy groups -OCH3 is 1. The molecule has 1 aliphatic rings. The van der Waals surface area contributed by atoms with Crippen molar-refractivity contribution < 1.29 is 19.4 Å². The molecule has 7 heteroatoms. The van der Waals surface area contributed by atoms with E-state index < -0.39 is 8.07 Å². The van der Waals surface area contributed by atoms with Crippen LogP contribution in [-0.4, -0.2) is 50.0 Å². The third-order valence-electron chi connectivity index (χ3n) is 8.94. The van der Waals surface area contributed by atoms with Gasteiger partial charge in [0.15, 0.2) is 0 Å². The van der Waals surface area contributed by atoms with Crippen molar-refractivity contribution in [3.8, 4) is 5.75 Å². The number of hydrogen-bond acceptors (Lipinski definition) is 4. The van der Waals surface area contributed by atoms with Crippen LogP contribution in [0.2, 0.25) is 18.6 Å². The Hall–Kier alpha value is -3.39. The highest BCUT2D eigenvalue weighted by Crippen LogP contribution is 2.46. The highest BCUT2D eigenvalue weighted by Gasteiger charge is 2.50. The van der Waals surface area contributed by atoms with Gasteiger partial charge in [0.25, 0.3) is 0 Å². The molecule has 1 aliphatic heterocycles. The second-order valence-corrected chi connectivity index (χ2v) is 16.6. The molecule has 1 saturated heterocycles. The number of benzene rings is 3. The molecule has 2 heterocycles. The average Bonchev–Trinajstić information content (AvgIpc) is 3.52. The van der Waals surface area contributed by atoms with Crippen molar-refractivity contribution in [2.45, 2.75) is 63.5 Å². The molecule has 1 amide bonds. The zero-order chi connectivity index (χ0) is 29.0. The summed E-state index contributed by atoms with van der Waals surface area (Å²) in [6.07, 6.45) is 4.85. The third kappa shape index (κ3) is 6.42. The van der Waals surface area contributed by atoms with Crippen molar-refractivity contribution in [1.82, 2.24) is 4.98 Å². The molecule has 41 heavy (non-hydrogen) atoms. The first kappa shape index (κ1) is 29.1. The number of para-hydroxylation sites is 1. The number of nitrogens with one attached hydrogen (secondary N) is 2. The normalized spacial score (nSPS) is 20.8. The number of aliphatic hydroxyl groups is 1. The number of H-pyrrole nitrogens is 1. The number of ether oxygens (including phenoxy) is 2. The quantitative estimate of drug-likeness (QED) is 0.191. The van der Waals surface area contributed by atoms with Gasteiger partial charge in [-0.3, -0.25) is 4.79 Å². The summed E-state index contributed by atoms with van der Waals surface area (Å²) in [7, 11) is -0.213. The minimum absolute atomic E-state index is 0.0277. The number of aromatic amines is 1. The molecule has 0 aliphatic carbocycles. The molecule has 6 nitrogen and oxygen atoms in total. The fourth-order valence-corrected chi connectivity index (χ4v) is 10.9. The number of fused-ring (bicyclic) bond motifs is 1. The van der Waals surface area contributed by atoms with E-state index in [1.165, 1.54) is 10.8 Å². The van der Waals surface area contributed by atoms with Gasteiger partial charge in [-0.25, -0.2) is 0 Å². The maximum atomic E-state index is 12.9. The summed E-state index contributed by atoms with van der Waals surface area (Å²) in [6, 6.07) is 24.7. The number of anilines is 1. The van der Waals surface area contributed by atoms with Gasteiger partial charge in [0.2, 0.25) is 5.91 Å². The Kier molecular flexibility index (Phi) is 8.97. The smallest absolute Gasteiger partial charge is 0.228 e. The maximum absolute atomic E-state index is 12.9. The first-order valence-electron chi connectivity index (χ1n) is 14.6. The Morgan fingerprint density at radius 2 is 1.80 bits per heavy atom. The largest absolute Gasteiger partial charge is 0.497 e. The van der Waals surface area contributed by atoms with Gasteiger partial charge in [-0.15, -0.1) is 0 Å². The SMILES string of the molecule is COc1ccc([Si](C)(C)[C@@H]2[C@@H](C)[C@@H](CCc3cccc(NC(=O)Cc4c[nH]c5ccccc45)c3)O[C@H]2CCO)cc1. The molecule has 0 saturated carbocycles. The fourth-order valence-electron chi connectivity index (χ4n) is 6.81.